The molecule has 6 nitrogen and oxygen atoms in total. The monoisotopic (exact) mass is 365 g/mol. The summed E-state index contributed by atoms with van der Waals surface area (Å²) in [4.78, 5) is 8.70. The molecule has 0 spiro atoms. The number of H-pyrrole nitrogens is 1. The van der Waals surface area contributed by atoms with Gasteiger partial charge in [-0.05, 0) is 19.9 Å². The first-order valence-corrected chi connectivity index (χ1v) is 7.95. The lowest BCUT2D eigenvalue weighted by atomic mass is 10.2. The lowest BCUT2D eigenvalue weighted by Crippen LogP contribution is -1.90. The van der Waals surface area contributed by atoms with E-state index in [0.717, 1.165) is 15.9 Å². The van der Waals surface area contributed by atoms with E-state index in [1.807, 2.05) is 31.2 Å². The summed E-state index contributed by atoms with van der Waals surface area (Å²) < 4.78 is 6.12. The van der Waals surface area contributed by atoms with Gasteiger partial charge in [0.2, 0.25) is 11.0 Å². The lowest BCUT2D eigenvalue weighted by molar-refractivity contribution is 0.376. The SMILES string of the molecule is Cc1noc(C(C)Sc2n[nH]c(-c3ccccc3Br)n2)n1. The second-order valence-corrected chi connectivity index (χ2v) is 6.55. The number of thioether (sulfide) groups is 1. The highest BCUT2D eigenvalue weighted by Crippen LogP contribution is 2.33. The molecule has 1 unspecified atom stereocenters. The highest BCUT2D eigenvalue weighted by molar-refractivity contribution is 9.10. The summed E-state index contributed by atoms with van der Waals surface area (Å²) in [5, 5.41) is 11.6. The average Bonchev–Trinajstić information content (AvgIpc) is 3.08. The number of hydrogen-bond acceptors (Lipinski definition) is 6. The Hall–Kier alpha value is -1.67. The molecule has 1 atom stereocenters. The highest BCUT2D eigenvalue weighted by Gasteiger charge is 2.17. The first kappa shape index (κ1) is 14.3. The van der Waals surface area contributed by atoms with Crippen LogP contribution in [0.3, 0.4) is 0 Å². The Morgan fingerprint density at radius 2 is 2.10 bits per heavy atom. The van der Waals surface area contributed by atoms with E-state index in [9.17, 15) is 0 Å². The van der Waals surface area contributed by atoms with Crippen molar-refractivity contribution in [3.63, 3.8) is 0 Å². The molecule has 0 bridgehead atoms. The molecule has 2 aromatic heterocycles. The van der Waals surface area contributed by atoms with Crippen molar-refractivity contribution in [1.82, 2.24) is 25.3 Å². The predicted molar refractivity (Wildman–Crippen MR) is 82.8 cm³/mol. The van der Waals surface area contributed by atoms with E-state index in [1.165, 1.54) is 11.8 Å². The standard InChI is InChI=1S/C13H12BrN5OS/c1-7(12-15-8(2)19-20-12)21-13-16-11(17-18-13)9-5-3-4-6-10(9)14/h3-7H,1-2H3,(H,16,17,18). The number of halogens is 1. The van der Waals surface area contributed by atoms with Crippen molar-refractivity contribution in [2.75, 3.05) is 0 Å². The van der Waals surface area contributed by atoms with Crippen LogP contribution in [0.5, 0.6) is 0 Å². The number of nitrogens with zero attached hydrogens (tertiary/aromatic N) is 4. The third-order valence-electron chi connectivity index (χ3n) is 2.77. The van der Waals surface area contributed by atoms with Gasteiger partial charge in [-0.25, -0.2) is 4.98 Å². The van der Waals surface area contributed by atoms with Gasteiger partial charge in [-0.3, -0.25) is 5.10 Å². The van der Waals surface area contributed by atoms with Gasteiger partial charge >= 0.3 is 0 Å². The van der Waals surface area contributed by atoms with Crippen LogP contribution >= 0.6 is 27.7 Å². The van der Waals surface area contributed by atoms with Crippen LogP contribution in [0.4, 0.5) is 0 Å². The Morgan fingerprint density at radius 1 is 1.29 bits per heavy atom. The van der Waals surface area contributed by atoms with Crippen molar-refractivity contribution in [1.29, 1.82) is 0 Å². The first-order valence-electron chi connectivity index (χ1n) is 6.27. The summed E-state index contributed by atoms with van der Waals surface area (Å²) in [5.41, 5.74) is 0.970. The zero-order chi connectivity index (χ0) is 14.8. The Labute approximate surface area is 133 Å². The minimum atomic E-state index is -0.00550. The summed E-state index contributed by atoms with van der Waals surface area (Å²) in [6.45, 7) is 3.77. The maximum atomic E-state index is 5.15. The van der Waals surface area contributed by atoms with Gasteiger partial charge in [0.25, 0.3) is 0 Å². The molecule has 2 heterocycles. The fraction of sp³-hybridized carbons (Fsp3) is 0.231. The Kier molecular flexibility index (Phi) is 4.07. The maximum Gasteiger partial charge on any atom is 0.239 e. The number of aromatic nitrogens is 5. The third kappa shape index (κ3) is 3.16. The molecule has 0 fully saturated rings. The molecule has 3 rings (SSSR count). The van der Waals surface area contributed by atoms with Gasteiger partial charge in [0.05, 0.1) is 5.25 Å². The summed E-state index contributed by atoms with van der Waals surface area (Å²) >= 11 is 4.97. The number of hydrogen-bond donors (Lipinski definition) is 1. The molecule has 8 heteroatoms. The van der Waals surface area contributed by atoms with Crippen LogP contribution in [0.2, 0.25) is 0 Å². The first-order chi connectivity index (χ1) is 10.1. The van der Waals surface area contributed by atoms with Crippen molar-refractivity contribution < 1.29 is 4.52 Å². The van der Waals surface area contributed by atoms with Gasteiger partial charge in [-0.2, -0.15) is 4.98 Å². The minimum Gasteiger partial charge on any atom is -0.338 e. The third-order valence-corrected chi connectivity index (χ3v) is 4.41. The van der Waals surface area contributed by atoms with E-state index in [0.29, 0.717) is 16.9 Å². The highest BCUT2D eigenvalue weighted by atomic mass is 79.9. The van der Waals surface area contributed by atoms with E-state index in [1.54, 1.807) is 6.92 Å². The molecule has 21 heavy (non-hydrogen) atoms. The average molecular weight is 366 g/mol. The zero-order valence-corrected chi connectivity index (χ0v) is 13.8. The van der Waals surface area contributed by atoms with Crippen LogP contribution in [-0.2, 0) is 0 Å². The molecule has 108 valence electrons. The van der Waals surface area contributed by atoms with Crippen molar-refractivity contribution in [2.45, 2.75) is 24.3 Å². The Bertz CT molecular complexity index is 756. The van der Waals surface area contributed by atoms with Crippen molar-refractivity contribution in [2.24, 2.45) is 0 Å². The van der Waals surface area contributed by atoms with Crippen LogP contribution in [-0.4, -0.2) is 25.3 Å². The predicted octanol–water partition coefficient (Wildman–Crippen LogP) is 3.78. The summed E-state index contributed by atoms with van der Waals surface area (Å²) in [5.74, 6) is 1.92. The molecule has 3 aromatic rings. The van der Waals surface area contributed by atoms with Crippen LogP contribution in [0, 0.1) is 6.92 Å². The van der Waals surface area contributed by atoms with Gasteiger partial charge in [0.1, 0.15) is 0 Å². The van der Waals surface area contributed by atoms with Crippen molar-refractivity contribution in [3.8, 4) is 11.4 Å². The molecule has 0 saturated heterocycles. The molecule has 0 aliphatic carbocycles. The number of rotatable bonds is 4. The molecule has 0 aliphatic rings. The van der Waals surface area contributed by atoms with Gasteiger partial charge in [-0.15, -0.1) is 5.10 Å². The number of benzene rings is 1. The van der Waals surface area contributed by atoms with E-state index in [-0.39, 0.29) is 5.25 Å². The molecular formula is C13H12BrN5OS. The number of nitrogens with one attached hydrogen (secondary N) is 1. The second kappa shape index (κ2) is 5.98. The second-order valence-electron chi connectivity index (χ2n) is 4.39. The maximum absolute atomic E-state index is 5.15. The lowest BCUT2D eigenvalue weighted by Gasteiger charge is -2.01. The van der Waals surface area contributed by atoms with Crippen LogP contribution in [0.1, 0.15) is 23.9 Å². The van der Waals surface area contributed by atoms with Gasteiger partial charge in [-0.1, -0.05) is 51.0 Å². The van der Waals surface area contributed by atoms with Crippen LogP contribution < -0.4 is 0 Å². The zero-order valence-electron chi connectivity index (χ0n) is 11.4. The van der Waals surface area contributed by atoms with Crippen molar-refractivity contribution >= 4 is 27.7 Å². The summed E-state index contributed by atoms with van der Waals surface area (Å²) in [6.07, 6.45) is 0. The van der Waals surface area contributed by atoms with E-state index in [4.69, 9.17) is 4.52 Å². The molecule has 0 radical (unpaired) electrons. The molecular weight excluding hydrogens is 354 g/mol. The minimum absolute atomic E-state index is 0.00550. The molecule has 1 N–H and O–H groups in total. The van der Waals surface area contributed by atoms with Crippen LogP contribution in [0.25, 0.3) is 11.4 Å². The molecule has 0 saturated carbocycles. The van der Waals surface area contributed by atoms with E-state index in [2.05, 4.69) is 41.3 Å². The fourth-order valence-corrected chi connectivity index (χ4v) is 2.99. The smallest absolute Gasteiger partial charge is 0.239 e. The topological polar surface area (TPSA) is 80.5 Å². The van der Waals surface area contributed by atoms with Gasteiger partial charge in [0, 0.05) is 10.0 Å². The largest absolute Gasteiger partial charge is 0.338 e. The quantitative estimate of drug-likeness (QED) is 0.708. The van der Waals surface area contributed by atoms with Gasteiger partial charge < -0.3 is 4.52 Å². The van der Waals surface area contributed by atoms with E-state index < -0.39 is 0 Å². The fourth-order valence-electron chi connectivity index (χ4n) is 1.76. The molecule has 0 aliphatic heterocycles. The molecule has 0 amide bonds. The van der Waals surface area contributed by atoms with Crippen LogP contribution in [0.15, 0.2) is 38.4 Å². The number of aryl methyl sites for hydroxylation is 1. The van der Waals surface area contributed by atoms with Crippen molar-refractivity contribution in [3.05, 3.63) is 40.5 Å². The Morgan fingerprint density at radius 3 is 2.81 bits per heavy atom. The number of aromatic amines is 1. The summed E-state index contributed by atoms with van der Waals surface area (Å²) in [7, 11) is 0. The normalized spacial score (nSPS) is 12.5. The summed E-state index contributed by atoms with van der Waals surface area (Å²) in [6, 6.07) is 7.86. The molecule has 1 aromatic carbocycles. The van der Waals surface area contributed by atoms with E-state index >= 15 is 0 Å². The van der Waals surface area contributed by atoms with Gasteiger partial charge in [0.15, 0.2) is 11.6 Å². The Balaban J connectivity index is 1.78.